The van der Waals surface area contributed by atoms with Crippen LogP contribution >= 0.6 is 0 Å². The molecule has 0 radical (unpaired) electrons. The summed E-state index contributed by atoms with van der Waals surface area (Å²) in [6, 6.07) is 24.1. The van der Waals surface area contributed by atoms with Crippen LogP contribution in [-0.4, -0.2) is 12.1 Å². The summed E-state index contributed by atoms with van der Waals surface area (Å²) in [6.45, 7) is 7.57. The van der Waals surface area contributed by atoms with E-state index < -0.39 is 0 Å². The SMILES string of the molecule is CC(NC[C@@H]1CC(C)(C)Oc2ccccc21)c1ccc2ccccc2c1. The molecule has 0 fully saturated rings. The Bertz CT molecular complexity index is 915. The molecule has 134 valence electrons. The Kier molecular flexibility index (Phi) is 4.46. The molecule has 4 rings (SSSR count). The zero-order valence-electron chi connectivity index (χ0n) is 15.8. The highest BCUT2D eigenvalue weighted by Crippen LogP contribution is 2.40. The topological polar surface area (TPSA) is 21.3 Å². The fourth-order valence-electron chi connectivity index (χ4n) is 4.05. The van der Waals surface area contributed by atoms with Gasteiger partial charge in [-0.3, -0.25) is 0 Å². The van der Waals surface area contributed by atoms with Crippen LogP contribution in [0, 0.1) is 0 Å². The van der Waals surface area contributed by atoms with Crippen LogP contribution in [0.1, 0.15) is 50.3 Å². The minimum Gasteiger partial charge on any atom is -0.488 e. The van der Waals surface area contributed by atoms with E-state index in [-0.39, 0.29) is 5.60 Å². The van der Waals surface area contributed by atoms with Gasteiger partial charge in [0.2, 0.25) is 0 Å². The van der Waals surface area contributed by atoms with Crippen LogP contribution in [0.2, 0.25) is 0 Å². The monoisotopic (exact) mass is 345 g/mol. The molecule has 0 saturated carbocycles. The van der Waals surface area contributed by atoms with Crippen molar-refractivity contribution in [3.05, 3.63) is 77.9 Å². The summed E-state index contributed by atoms with van der Waals surface area (Å²) in [5, 5.41) is 6.35. The maximum Gasteiger partial charge on any atom is 0.123 e. The molecule has 1 unspecified atom stereocenters. The molecule has 0 amide bonds. The van der Waals surface area contributed by atoms with E-state index in [1.54, 1.807) is 0 Å². The predicted octanol–water partition coefficient (Wildman–Crippen LogP) is 5.84. The number of para-hydroxylation sites is 1. The lowest BCUT2D eigenvalue weighted by molar-refractivity contribution is 0.0713. The van der Waals surface area contributed by atoms with E-state index in [0.717, 1.165) is 18.7 Å². The maximum absolute atomic E-state index is 6.16. The second kappa shape index (κ2) is 6.77. The van der Waals surface area contributed by atoms with Gasteiger partial charge >= 0.3 is 0 Å². The average Bonchev–Trinajstić information content (AvgIpc) is 2.64. The number of nitrogens with one attached hydrogen (secondary N) is 1. The summed E-state index contributed by atoms with van der Waals surface area (Å²) in [7, 11) is 0. The normalized spacial score (nSPS) is 19.6. The number of hydrogen-bond acceptors (Lipinski definition) is 2. The lowest BCUT2D eigenvalue weighted by Crippen LogP contribution is -2.38. The predicted molar refractivity (Wildman–Crippen MR) is 109 cm³/mol. The van der Waals surface area contributed by atoms with E-state index >= 15 is 0 Å². The molecule has 1 N–H and O–H groups in total. The third-order valence-electron chi connectivity index (χ3n) is 5.43. The van der Waals surface area contributed by atoms with Crippen molar-refractivity contribution in [2.45, 2.75) is 44.8 Å². The van der Waals surface area contributed by atoms with E-state index in [1.165, 1.54) is 21.9 Å². The highest BCUT2D eigenvalue weighted by Gasteiger charge is 2.33. The first-order valence-electron chi connectivity index (χ1n) is 9.52. The van der Waals surface area contributed by atoms with E-state index in [9.17, 15) is 0 Å². The van der Waals surface area contributed by atoms with Crippen molar-refractivity contribution in [3.8, 4) is 5.75 Å². The Balaban J connectivity index is 1.51. The molecule has 0 aliphatic carbocycles. The van der Waals surface area contributed by atoms with Crippen LogP contribution in [0.5, 0.6) is 5.75 Å². The van der Waals surface area contributed by atoms with Gasteiger partial charge in [-0.05, 0) is 61.2 Å². The lowest BCUT2D eigenvalue weighted by atomic mass is 9.84. The van der Waals surface area contributed by atoms with Crippen LogP contribution in [0.15, 0.2) is 66.7 Å². The van der Waals surface area contributed by atoms with Gasteiger partial charge in [0.1, 0.15) is 11.4 Å². The third-order valence-corrected chi connectivity index (χ3v) is 5.43. The van der Waals surface area contributed by atoms with Crippen molar-refractivity contribution in [3.63, 3.8) is 0 Å². The quantitative estimate of drug-likeness (QED) is 0.642. The second-order valence-corrected chi connectivity index (χ2v) is 8.04. The minimum atomic E-state index is -0.118. The summed E-state index contributed by atoms with van der Waals surface area (Å²) in [5.41, 5.74) is 2.54. The van der Waals surface area contributed by atoms with Crippen molar-refractivity contribution >= 4 is 10.8 Å². The molecule has 3 aromatic rings. The molecule has 0 bridgehead atoms. The summed E-state index contributed by atoms with van der Waals surface area (Å²) < 4.78 is 6.16. The molecule has 1 aliphatic rings. The summed E-state index contributed by atoms with van der Waals surface area (Å²) in [4.78, 5) is 0. The van der Waals surface area contributed by atoms with E-state index in [2.05, 4.69) is 92.8 Å². The fraction of sp³-hybridized carbons (Fsp3) is 0.333. The average molecular weight is 345 g/mol. The fourth-order valence-corrected chi connectivity index (χ4v) is 4.05. The van der Waals surface area contributed by atoms with Gasteiger partial charge in [0.15, 0.2) is 0 Å². The molecular formula is C24H27NO. The molecular weight excluding hydrogens is 318 g/mol. The van der Waals surface area contributed by atoms with Gasteiger partial charge in [0.25, 0.3) is 0 Å². The molecule has 2 nitrogen and oxygen atoms in total. The molecule has 0 saturated heterocycles. The lowest BCUT2D eigenvalue weighted by Gasteiger charge is -2.38. The number of fused-ring (bicyclic) bond motifs is 2. The van der Waals surface area contributed by atoms with Crippen molar-refractivity contribution in [2.75, 3.05) is 6.54 Å². The van der Waals surface area contributed by atoms with Gasteiger partial charge < -0.3 is 10.1 Å². The van der Waals surface area contributed by atoms with Crippen LogP contribution in [0.3, 0.4) is 0 Å². The Morgan fingerprint density at radius 3 is 2.58 bits per heavy atom. The van der Waals surface area contributed by atoms with E-state index in [4.69, 9.17) is 4.74 Å². The first-order chi connectivity index (χ1) is 12.5. The van der Waals surface area contributed by atoms with Crippen molar-refractivity contribution in [2.24, 2.45) is 0 Å². The van der Waals surface area contributed by atoms with Crippen LogP contribution in [-0.2, 0) is 0 Å². The molecule has 1 heterocycles. The Morgan fingerprint density at radius 2 is 1.73 bits per heavy atom. The second-order valence-electron chi connectivity index (χ2n) is 8.04. The number of benzene rings is 3. The van der Waals surface area contributed by atoms with Crippen LogP contribution in [0.4, 0.5) is 0 Å². The summed E-state index contributed by atoms with van der Waals surface area (Å²) in [5.74, 6) is 1.51. The maximum atomic E-state index is 6.16. The highest BCUT2D eigenvalue weighted by molar-refractivity contribution is 5.83. The first-order valence-corrected chi connectivity index (χ1v) is 9.52. The number of rotatable bonds is 4. The molecule has 3 aromatic carbocycles. The molecule has 0 spiro atoms. The van der Waals surface area contributed by atoms with Gasteiger partial charge in [-0.2, -0.15) is 0 Å². The van der Waals surface area contributed by atoms with Gasteiger partial charge in [0, 0.05) is 18.5 Å². The summed E-state index contributed by atoms with van der Waals surface area (Å²) >= 11 is 0. The highest BCUT2D eigenvalue weighted by atomic mass is 16.5. The van der Waals surface area contributed by atoms with Gasteiger partial charge in [-0.25, -0.2) is 0 Å². The number of ether oxygens (including phenoxy) is 1. The van der Waals surface area contributed by atoms with Gasteiger partial charge in [-0.15, -0.1) is 0 Å². The minimum absolute atomic E-state index is 0.118. The third kappa shape index (κ3) is 3.47. The molecule has 1 aliphatic heterocycles. The van der Waals surface area contributed by atoms with Crippen molar-refractivity contribution < 1.29 is 4.74 Å². The first kappa shape index (κ1) is 17.1. The standard InChI is InChI=1S/C24H27NO/c1-17(19-13-12-18-8-4-5-9-20(18)14-19)25-16-21-15-24(2,3)26-23-11-7-6-10-22(21)23/h4-14,17,21,25H,15-16H2,1-3H3/t17?,21-/m0/s1. The Morgan fingerprint density at radius 1 is 1.00 bits per heavy atom. The van der Waals surface area contributed by atoms with Crippen molar-refractivity contribution in [1.82, 2.24) is 5.32 Å². The van der Waals surface area contributed by atoms with E-state index in [1.807, 2.05) is 0 Å². The van der Waals surface area contributed by atoms with Crippen LogP contribution < -0.4 is 10.1 Å². The molecule has 2 atom stereocenters. The van der Waals surface area contributed by atoms with Crippen molar-refractivity contribution in [1.29, 1.82) is 0 Å². The largest absolute Gasteiger partial charge is 0.488 e. The zero-order valence-corrected chi connectivity index (χ0v) is 15.8. The van der Waals surface area contributed by atoms with E-state index in [0.29, 0.717) is 12.0 Å². The number of hydrogen-bond donors (Lipinski definition) is 1. The summed E-state index contributed by atoms with van der Waals surface area (Å²) in [6.07, 6.45) is 1.03. The Hall–Kier alpha value is -2.32. The zero-order chi connectivity index (χ0) is 18.1. The van der Waals surface area contributed by atoms with Gasteiger partial charge in [0.05, 0.1) is 0 Å². The molecule has 26 heavy (non-hydrogen) atoms. The van der Waals surface area contributed by atoms with Crippen LogP contribution in [0.25, 0.3) is 10.8 Å². The Labute approximate surface area is 156 Å². The molecule has 2 heteroatoms. The smallest absolute Gasteiger partial charge is 0.123 e. The van der Waals surface area contributed by atoms with Gasteiger partial charge in [-0.1, -0.05) is 54.6 Å². The molecule has 0 aromatic heterocycles.